The molecule has 9 heteroatoms. The van der Waals surface area contributed by atoms with Gasteiger partial charge in [-0.2, -0.15) is 0 Å². The van der Waals surface area contributed by atoms with Gasteiger partial charge >= 0.3 is 0 Å². The minimum absolute atomic E-state index is 0.0493. The Morgan fingerprint density at radius 2 is 1.57 bits per heavy atom. The van der Waals surface area contributed by atoms with E-state index in [1.807, 2.05) is 24.3 Å². The second-order valence-corrected chi connectivity index (χ2v) is 10.5. The van der Waals surface area contributed by atoms with Crippen molar-refractivity contribution in [2.24, 2.45) is 0 Å². The van der Waals surface area contributed by atoms with Crippen LogP contribution in [0.1, 0.15) is 31.2 Å². The van der Waals surface area contributed by atoms with Crippen molar-refractivity contribution < 1.29 is 23.7 Å². The molecule has 0 amide bonds. The number of phenols is 2. The molecule has 0 bridgehead atoms. The monoisotopic (exact) mass is 491 g/mol. The van der Waals surface area contributed by atoms with Crippen LogP contribution in [0.2, 0.25) is 0 Å². The van der Waals surface area contributed by atoms with Crippen molar-refractivity contribution in [3.05, 3.63) is 66.2 Å². The maximum Gasteiger partial charge on any atom is 0.207 e. The summed E-state index contributed by atoms with van der Waals surface area (Å²) in [6.45, 7) is -0.475. The Balaban J connectivity index is 1.73. The minimum Gasteiger partial charge on any atom is -0.504 e. The zero-order chi connectivity index (χ0) is 24.6. The second kappa shape index (κ2) is 9.16. The summed E-state index contributed by atoms with van der Waals surface area (Å²) in [5.74, 6) is -0.390. The number of benzene rings is 3. The van der Waals surface area contributed by atoms with E-state index in [2.05, 4.69) is 15.3 Å². The van der Waals surface area contributed by atoms with Crippen LogP contribution in [0.5, 0.6) is 11.5 Å². The first kappa shape index (κ1) is 23.1. The third kappa shape index (κ3) is 4.28. The average Bonchev–Trinajstić information content (AvgIpc) is 3.38. The number of aromatic hydroxyl groups is 2. The van der Waals surface area contributed by atoms with E-state index in [1.54, 1.807) is 12.1 Å². The Morgan fingerprint density at radius 3 is 2.34 bits per heavy atom. The fourth-order valence-corrected chi connectivity index (χ4v) is 6.22. The first-order valence-corrected chi connectivity index (χ1v) is 12.9. The van der Waals surface area contributed by atoms with Gasteiger partial charge in [0.05, 0.1) is 21.9 Å². The van der Waals surface area contributed by atoms with E-state index < -0.39 is 27.9 Å². The maximum atomic E-state index is 13.7. The molecule has 4 N–H and O–H groups in total. The summed E-state index contributed by atoms with van der Waals surface area (Å²) >= 11 is 0. The summed E-state index contributed by atoms with van der Waals surface area (Å²) in [5.41, 5.74) is 0.881. The molecule has 8 nitrogen and oxygen atoms in total. The van der Waals surface area contributed by atoms with Crippen LogP contribution in [0.3, 0.4) is 0 Å². The number of aliphatic hydroxyl groups is 1. The number of aromatic nitrogens is 2. The molecule has 3 aromatic carbocycles. The number of para-hydroxylation sites is 1. The summed E-state index contributed by atoms with van der Waals surface area (Å²) in [5, 5.41) is 34.5. The van der Waals surface area contributed by atoms with Gasteiger partial charge in [0.25, 0.3) is 0 Å². The van der Waals surface area contributed by atoms with Gasteiger partial charge in [0.15, 0.2) is 17.3 Å². The zero-order valence-electron chi connectivity index (χ0n) is 18.8. The van der Waals surface area contributed by atoms with Crippen molar-refractivity contribution in [1.82, 2.24) is 9.97 Å². The molecule has 1 saturated carbocycles. The highest BCUT2D eigenvalue weighted by molar-refractivity contribution is 7.91. The molecule has 1 aliphatic rings. The number of sulfone groups is 1. The lowest BCUT2D eigenvalue weighted by atomic mass is 10.1. The summed E-state index contributed by atoms with van der Waals surface area (Å²) < 4.78 is 27.4. The van der Waals surface area contributed by atoms with Crippen molar-refractivity contribution in [3.63, 3.8) is 0 Å². The highest BCUT2D eigenvalue weighted by Gasteiger charge is 2.28. The van der Waals surface area contributed by atoms with Crippen LogP contribution in [0, 0.1) is 0 Å². The standard InChI is InChI=1S/C26H25N3O5S/c30-15-16-7-1-6-12-23(16)35(33,34)24-14-22(32)21(31)13-19(24)26-28-20-11-5-4-10-18(20)25(29-26)27-17-8-2-3-9-17/h1,4-7,10-14,17,30-32H,2-3,8-9,15H2,(H,27,28,29). The molecule has 0 radical (unpaired) electrons. The van der Waals surface area contributed by atoms with Gasteiger partial charge in [-0.3, -0.25) is 0 Å². The van der Waals surface area contributed by atoms with Gasteiger partial charge in [-0.05, 0) is 42.7 Å². The van der Waals surface area contributed by atoms with Gasteiger partial charge in [-0.1, -0.05) is 43.2 Å². The van der Waals surface area contributed by atoms with Crippen LogP contribution >= 0.6 is 0 Å². The third-order valence-electron chi connectivity index (χ3n) is 6.34. The molecule has 4 aromatic rings. The minimum atomic E-state index is -4.22. The van der Waals surface area contributed by atoms with E-state index in [9.17, 15) is 23.7 Å². The summed E-state index contributed by atoms with van der Waals surface area (Å²) in [4.78, 5) is 8.93. The van der Waals surface area contributed by atoms with E-state index in [0.29, 0.717) is 11.3 Å². The summed E-state index contributed by atoms with van der Waals surface area (Å²) in [6, 6.07) is 16.0. The Hall–Kier alpha value is -3.69. The van der Waals surface area contributed by atoms with Crippen LogP contribution in [-0.4, -0.2) is 39.7 Å². The fourth-order valence-electron chi connectivity index (χ4n) is 4.54. The molecule has 5 rings (SSSR count). The second-order valence-electron chi connectivity index (χ2n) is 8.65. The number of hydrogen-bond acceptors (Lipinski definition) is 8. The molecule has 0 atom stereocenters. The highest BCUT2D eigenvalue weighted by atomic mass is 32.2. The molecule has 0 saturated heterocycles. The Kier molecular flexibility index (Phi) is 6.04. The van der Waals surface area contributed by atoms with Crippen LogP contribution in [0.4, 0.5) is 5.82 Å². The smallest absolute Gasteiger partial charge is 0.207 e. The maximum absolute atomic E-state index is 13.7. The van der Waals surface area contributed by atoms with Gasteiger partial charge < -0.3 is 20.6 Å². The number of nitrogens with zero attached hydrogens (tertiary/aromatic N) is 2. The fraction of sp³-hybridized carbons (Fsp3) is 0.231. The Labute approximate surface area is 202 Å². The summed E-state index contributed by atoms with van der Waals surface area (Å²) in [7, 11) is -4.22. The highest BCUT2D eigenvalue weighted by Crippen LogP contribution is 2.40. The zero-order valence-corrected chi connectivity index (χ0v) is 19.7. The predicted molar refractivity (Wildman–Crippen MR) is 132 cm³/mol. The third-order valence-corrected chi connectivity index (χ3v) is 8.23. The first-order valence-electron chi connectivity index (χ1n) is 11.4. The largest absolute Gasteiger partial charge is 0.504 e. The van der Waals surface area contributed by atoms with Crippen LogP contribution in [-0.2, 0) is 16.4 Å². The van der Waals surface area contributed by atoms with Crippen molar-refractivity contribution in [3.8, 4) is 22.9 Å². The molecule has 1 heterocycles. The number of hydrogen-bond donors (Lipinski definition) is 4. The van der Waals surface area contributed by atoms with Crippen LogP contribution < -0.4 is 5.32 Å². The van der Waals surface area contributed by atoms with Crippen molar-refractivity contribution in [2.75, 3.05) is 5.32 Å². The molecule has 35 heavy (non-hydrogen) atoms. The van der Waals surface area contributed by atoms with Crippen molar-refractivity contribution in [1.29, 1.82) is 0 Å². The van der Waals surface area contributed by atoms with Gasteiger partial charge in [0, 0.05) is 23.1 Å². The molecule has 0 aliphatic heterocycles. The molecule has 180 valence electrons. The van der Waals surface area contributed by atoms with Crippen LogP contribution in [0.15, 0.2) is 70.5 Å². The van der Waals surface area contributed by atoms with E-state index in [-0.39, 0.29) is 32.8 Å². The van der Waals surface area contributed by atoms with Crippen LogP contribution in [0.25, 0.3) is 22.3 Å². The van der Waals surface area contributed by atoms with Gasteiger partial charge in [-0.15, -0.1) is 0 Å². The first-order chi connectivity index (χ1) is 16.9. The molecular weight excluding hydrogens is 466 g/mol. The molecular formula is C26H25N3O5S. The number of aliphatic hydroxyl groups excluding tert-OH is 1. The van der Waals surface area contributed by atoms with E-state index in [0.717, 1.165) is 43.2 Å². The normalized spacial score (nSPS) is 14.4. The lowest BCUT2D eigenvalue weighted by Gasteiger charge is -2.17. The number of fused-ring (bicyclic) bond motifs is 1. The molecule has 0 spiro atoms. The van der Waals surface area contributed by atoms with E-state index in [4.69, 9.17) is 0 Å². The summed E-state index contributed by atoms with van der Waals surface area (Å²) in [6.07, 6.45) is 4.30. The number of nitrogens with one attached hydrogen (secondary N) is 1. The Bertz CT molecular complexity index is 1520. The number of phenolic OH excluding ortho intramolecular Hbond substituents is 2. The number of anilines is 1. The van der Waals surface area contributed by atoms with E-state index >= 15 is 0 Å². The van der Waals surface area contributed by atoms with E-state index in [1.165, 1.54) is 12.1 Å². The van der Waals surface area contributed by atoms with Gasteiger partial charge in [0.1, 0.15) is 5.82 Å². The Morgan fingerprint density at radius 1 is 0.886 bits per heavy atom. The number of rotatable bonds is 6. The average molecular weight is 492 g/mol. The molecule has 1 fully saturated rings. The molecule has 1 aliphatic carbocycles. The van der Waals surface area contributed by atoms with Gasteiger partial charge in [0.2, 0.25) is 9.84 Å². The molecule has 0 unspecified atom stereocenters. The SMILES string of the molecule is O=S(=O)(c1ccccc1CO)c1cc(O)c(O)cc1-c1nc(NC2CCCC2)c2ccccc2n1. The van der Waals surface area contributed by atoms with Gasteiger partial charge in [-0.25, -0.2) is 18.4 Å². The lowest BCUT2D eigenvalue weighted by molar-refractivity contribution is 0.278. The lowest BCUT2D eigenvalue weighted by Crippen LogP contribution is -2.16. The van der Waals surface area contributed by atoms with Crippen molar-refractivity contribution >= 4 is 26.6 Å². The topological polar surface area (TPSA) is 133 Å². The predicted octanol–water partition coefficient (Wildman–Crippen LogP) is 4.39. The molecule has 1 aromatic heterocycles. The quantitative estimate of drug-likeness (QED) is 0.292. The van der Waals surface area contributed by atoms with Crippen molar-refractivity contribution in [2.45, 2.75) is 48.1 Å².